The van der Waals surface area contributed by atoms with Crippen LogP contribution in [0.25, 0.3) is 0 Å². The smallest absolute Gasteiger partial charge is 0.269 e. The zero-order valence-electron chi connectivity index (χ0n) is 12.5. The highest BCUT2D eigenvalue weighted by atomic mass is 32.2. The van der Waals surface area contributed by atoms with E-state index < -0.39 is 4.92 Å². The summed E-state index contributed by atoms with van der Waals surface area (Å²) in [5, 5.41) is 24.9. The van der Waals surface area contributed by atoms with Gasteiger partial charge in [-0.05, 0) is 29.8 Å². The van der Waals surface area contributed by atoms with Gasteiger partial charge < -0.3 is 10.4 Å². The molecule has 0 bridgehead atoms. The number of non-ortho nitro benzene ring substituents is 1. The summed E-state index contributed by atoms with van der Waals surface area (Å²) < 4.78 is 12.8. The summed E-state index contributed by atoms with van der Waals surface area (Å²) in [4.78, 5) is 22.7. The van der Waals surface area contributed by atoms with Crippen LogP contribution < -0.4 is 10.4 Å². The lowest BCUT2D eigenvalue weighted by atomic mass is 10.1. The number of carbonyl (C=O) groups is 1. The number of thioether (sulfide) groups is 1. The lowest BCUT2D eigenvalue weighted by Crippen LogP contribution is -2.23. The SMILES string of the molecule is O=C(CCSc1ccc(F)cc1)NCc1cc([N+](=O)[O-])ccc1[O-]. The molecule has 0 spiro atoms. The van der Waals surface area contributed by atoms with E-state index in [1.807, 2.05) is 0 Å². The van der Waals surface area contributed by atoms with Gasteiger partial charge in [-0.1, -0.05) is 6.07 Å². The summed E-state index contributed by atoms with van der Waals surface area (Å²) in [6, 6.07) is 9.36. The molecule has 2 aromatic carbocycles. The van der Waals surface area contributed by atoms with Crippen molar-refractivity contribution >= 4 is 23.4 Å². The molecule has 2 rings (SSSR count). The van der Waals surface area contributed by atoms with Gasteiger partial charge in [0.1, 0.15) is 5.82 Å². The van der Waals surface area contributed by atoms with Crippen LogP contribution in [0.15, 0.2) is 47.4 Å². The molecule has 0 saturated heterocycles. The van der Waals surface area contributed by atoms with E-state index in [0.717, 1.165) is 23.1 Å². The number of nitro groups is 1. The van der Waals surface area contributed by atoms with Gasteiger partial charge in [-0.3, -0.25) is 14.9 Å². The lowest BCUT2D eigenvalue weighted by Gasteiger charge is -2.13. The summed E-state index contributed by atoms with van der Waals surface area (Å²) in [5.74, 6) is -0.448. The molecule has 6 nitrogen and oxygen atoms in total. The van der Waals surface area contributed by atoms with Crippen LogP contribution in [0.4, 0.5) is 10.1 Å². The summed E-state index contributed by atoms with van der Waals surface area (Å²) >= 11 is 1.41. The number of amides is 1. The Balaban J connectivity index is 1.80. The van der Waals surface area contributed by atoms with E-state index in [4.69, 9.17) is 0 Å². The second-order valence-corrected chi connectivity index (χ2v) is 6.05. The molecule has 24 heavy (non-hydrogen) atoms. The van der Waals surface area contributed by atoms with Crippen molar-refractivity contribution < 1.29 is 19.2 Å². The largest absolute Gasteiger partial charge is 0.872 e. The fourth-order valence-electron chi connectivity index (χ4n) is 1.89. The van der Waals surface area contributed by atoms with Crippen molar-refractivity contribution in [1.29, 1.82) is 0 Å². The summed E-state index contributed by atoms with van der Waals surface area (Å²) in [6.45, 7) is -0.0550. The van der Waals surface area contributed by atoms with Gasteiger partial charge in [0.2, 0.25) is 5.91 Å². The van der Waals surface area contributed by atoms with Crippen LogP contribution in [0.3, 0.4) is 0 Å². The van der Waals surface area contributed by atoms with E-state index >= 15 is 0 Å². The van der Waals surface area contributed by atoms with Gasteiger partial charge in [0.25, 0.3) is 5.69 Å². The van der Waals surface area contributed by atoms with E-state index in [-0.39, 0.29) is 41.7 Å². The van der Waals surface area contributed by atoms with E-state index in [0.29, 0.717) is 5.75 Å². The second-order valence-electron chi connectivity index (χ2n) is 4.88. The van der Waals surface area contributed by atoms with Gasteiger partial charge >= 0.3 is 0 Å². The maximum Gasteiger partial charge on any atom is 0.269 e. The Morgan fingerprint density at radius 3 is 2.58 bits per heavy atom. The number of benzene rings is 2. The zero-order chi connectivity index (χ0) is 17.5. The highest BCUT2D eigenvalue weighted by Crippen LogP contribution is 2.21. The fourth-order valence-corrected chi connectivity index (χ4v) is 2.74. The van der Waals surface area contributed by atoms with Gasteiger partial charge in [0, 0.05) is 35.7 Å². The van der Waals surface area contributed by atoms with Gasteiger partial charge in [-0.15, -0.1) is 17.5 Å². The number of carbonyl (C=O) groups excluding carboxylic acids is 1. The first-order valence-electron chi connectivity index (χ1n) is 7.05. The molecule has 0 aliphatic heterocycles. The van der Waals surface area contributed by atoms with Crippen molar-refractivity contribution in [3.8, 4) is 5.75 Å². The minimum absolute atomic E-state index is 0.0550. The number of halogens is 1. The Kier molecular flexibility index (Phi) is 6.14. The molecule has 0 aromatic heterocycles. The predicted octanol–water partition coefficient (Wildman–Crippen LogP) is 2.61. The van der Waals surface area contributed by atoms with Crippen molar-refractivity contribution in [1.82, 2.24) is 5.32 Å². The molecule has 126 valence electrons. The maximum atomic E-state index is 12.8. The van der Waals surface area contributed by atoms with Crippen LogP contribution in [0.5, 0.6) is 5.75 Å². The van der Waals surface area contributed by atoms with Crippen LogP contribution in [-0.4, -0.2) is 16.6 Å². The third-order valence-corrected chi connectivity index (χ3v) is 4.16. The fraction of sp³-hybridized carbons (Fsp3) is 0.188. The monoisotopic (exact) mass is 349 g/mol. The number of rotatable bonds is 7. The zero-order valence-corrected chi connectivity index (χ0v) is 13.3. The van der Waals surface area contributed by atoms with Gasteiger partial charge in [-0.25, -0.2) is 4.39 Å². The standard InChI is InChI=1S/C16H15FN2O4S/c17-12-1-4-14(5-2-12)24-8-7-16(21)18-10-11-9-13(19(22)23)3-6-15(11)20/h1-6,9,20H,7-8,10H2,(H,18,21)/p-1. The van der Waals surface area contributed by atoms with E-state index in [9.17, 15) is 24.4 Å². The van der Waals surface area contributed by atoms with Crippen LogP contribution >= 0.6 is 11.8 Å². The molecule has 8 heteroatoms. The number of hydrogen-bond acceptors (Lipinski definition) is 5. The number of nitro benzene ring substituents is 1. The van der Waals surface area contributed by atoms with E-state index in [1.54, 1.807) is 12.1 Å². The first-order chi connectivity index (χ1) is 11.5. The maximum absolute atomic E-state index is 12.8. The van der Waals surface area contributed by atoms with Gasteiger partial charge in [-0.2, -0.15) is 0 Å². The minimum Gasteiger partial charge on any atom is -0.872 e. The van der Waals surface area contributed by atoms with E-state index in [1.165, 1.54) is 23.9 Å². The lowest BCUT2D eigenvalue weighted by molar-refractivity contribution is -0.385. The predicted molar refractivity (Wildman–Crippen MR) is 86.1 cm³/mol. The van der Waals surface area contributed by atoms with Crippen LogP contribution in [0, 0.1) is 15.9 Å². The van der Waals surface area contributed by atoms with Crippen molar-refractivity contribution in [3.63, 3.8) is 0 Å². The normalized spacial score (nSPS) is 10.4. The molecule has 0 aliphatic rings. The first-order valence-corrected chi connectivity index (χ1v) is 8.03. The van der Waals surface area contributed by atoms with Crippen molar-refractivity contribution in [2.24, 2.45) is 0 Å². The Morgan fingerprint density at radius 1 is 1.21 bits per heavy atom. The Labute approximate surface area is 141 Å². The summed E-state index contributed by atoms with van der Waals surface area (Å²) in [6.07, 6.45) is 0.213. The molecule has 0 heterocycles. The molecular weight excluding hydrogens is 335 g/mol. The molecule has 0 aliphatic carbocycles. The molecular formula is C16H14FN2O4S-. The third kappa shape index (κ3) is 5.24. The van der Waals surface area contributed by atoms with E-state index in [2.05, 4.69) is 5.32 Å². The highest BCUT2D eigenvalue weighted by molar-refractivity contribution is 7.99. The van der Waals surface area contributed by atoms with Crippen LogP contribution in [0.2, 0.25) is 0 Å². The van der Waals surface area contributed by atoms with Crippen molar-refractivity contribution in [2.75, 3.05) is 5.75 Å². The van der Waals surface area contributed by atoms with Crippen LogP contribution in [0.1, 0.15) is 12.0 Å². The van der Waals surface area contributed by atoms with Crippen molar-refractivity contribution in [3.05, 3.63) is 64.0 Å². The number of nitrogens with one attached hydrogen (secondary N) is 1. The number of nitrogens with zero attached hydrogens (tertiary/aromatic N) is 1. The molecule has 1 N–H and O–H groups in total. The average Bonchev–Trinajstić information content (AvgIpc) is 2.55. The van der Waals surface area contributed by atoms with Crippen molar-refractivity contribution in [2.45, 2.75) is 17.9 Å². The molecule has 0 atom stereocenters. The Morgan fingerprint density at radius 2 is 1.92 bits per heavy atom. The molecule has 0 saturated carbocycles. The number of hydrogen-bond donors (Lipinski definition) is 1. The summed E-state index contributed by atoms with van der Waals surface area (Å²) in [5.41, 5.74) is -0.0190. The van der Waals surface area contributed by atoms with Gasteiger partial charge in [0.15, 0.2) is 0 Å². The molecule has 0 fully saturated rings. The molecule has 2 aromatic rings. The molecule has 0 radical (unpaired) electrons. The second kappa shape index (κ2) is 8.30. The molecule has 0 unspecified atom stereocenters. The third-order valence-electron chi connectivity index (χ3n) is 3.14. The quantitative estimate of drug-likeness (QED) is 0.471. The highest BCUT2D eigenvalue weighted by Gasteiger charge is 2.08. The average molecular weight is 349 g/mol. The van der Waals surface area contributed by atoms with Crippen LogP contribution in [-0.2, 0) is 11.3 Å². The Hall–Kier alpha value is -2.61. The first kappa shape index (κ1) is 17.7. The molecule has 1 amide bonds. The Bertz CT molecular complexity index is 737. The summed E-state index contributed by atoms with van der Waals surface area (Å²) in [7, 11) is 0. The minimum atomic E-state index is -0.593. The topological polar surface area (TPSA) is 95.3 Å². The van der Waals surface area contributed by atoms with Gasteiger partial charge in [0.05, 0.1) is 4.92 Å².